The number of benzene rings is 2. The van der Waals surface area contributed by atoms with Crippen LogP contribution < -0.4 is 0 Å². The first kappa shape index (κ1) is 13.7. The molecule has 2 aromatic carbocycles. The lowest BCUT2D eigenvalue weighted by Gasteiger charge is -2.00. The number of hydrogen-bond donors (Lipinski definition) is 0. The second-order valence-electron chi connectivity index (χ2n) is 3.49. The molecule has 0 aliphatic heterocycles. The predicted molar refractivity (Wildman–Crippen MR) is 64.6 cm³/mol. The van der Waals surface area contributed by atoms with Gasteiger partial charge in [0.25, 0.3) is 0 Å². The summed E-state index contributed by atoms with van der Waals surface area (Å²) in [6.07, 6.45) is 0. The molecular formula is C12H5BrF4N2. The van der Waals surface area contributed by atoms with Gasteiger partial charge < -0.3 is 0 Å². The molecule has 0 aliphatic rings. The first-order chi connectivity index (χ1) is 8.99. The van der Waals surface area contributed by atoms with Crippen LogP contribution in [0.15, 0.2) is 45.0 Å². The zero-order valence-electron chi connectivity index (χ0n) is 9.17. The molecule has 2 aromatic rings. The highest BCUT2D eigenvalue weighted by Crippen LogP contribution is 2.29. The molecule has 0 amide bonds. The molecule has 0 spiro atoms. The van der Waals surface area contributed by atoms with Crippen molar-refractivity contribution >= 4 is 27.3 Å². The highest BCUT2D eigenvalue weighted by Gasteiger charge is 2.12. The fourth-order valence-corrected chi connectivity index (χ4v) is 1.72. The summed E-state index contributed by atoms with van der Waals surface area (Å²) >= 11 is 2.89. The number of hydrogen-bond acceptors (Lipinski definition) is 2. The summed E-state index contributed by atoms with van der Waals surface area (Å²) in [5.41, 5.74) is -1.42. The number of halogens is 5. The fraction of sp³-hybridized carbons (Fsp3) is 0. The molecule has 0 heterocycles. The largest absolute Gasteiger partial charge is 0.204 e. The minimum atomic E-state index is -0.993. The normalized spacial score (nSPS) is 11.2. The highest BCUT2D eigenvalue weighted by molar-refractivity contribution is 9.10. The van der Waals surface area contributed by atoms with E-state index in [4.69, 9.17) is 0 Å². The van der Waals surface area contributed by atoms with Crippen LogP contribution in [0.5, 0.6) is 0 Å². The van der Waals surface area contributed by atoms with Crippen molar-refractivity contribution in [3.8, 4) is 0 Å². The average molecular weight is 333 g/mol. The van der Waals surface area contributed by atoms with Gasteiger partial charge in [-0.3, -0.25) is 0 Å². The van der Waals surface area contributed by atoms with E-state index in [0.29, 0.717) is 0 Å². The Hall–Kier alpha value is -1.76. The zero-order valence-corrected chi connectivity index (χ0v) is 10.8. The van der Waals surface area contributed by atoms with E-state index in [1.807, 2.05) is 0 Å². The van der Waals surface area contributed by atoms with Crippen molar-refractivity contribution in [3.63, 3.8) is 0 Å². The van der Waals surface area contributed by atoms with Crippen LogP contribution >= 0.6 is 15.9 Å². The van der Waals surface area contributed by atoms with Gasteiger partial charge in [-0.25, -0.2) is 17.6 Å². The van der Waals surface area contributed by atoms with Crippen molar-refractivity contribution in [2.45, 2.75) is 0 Å². The molecule has 2 nitrogen and oxygen atoms in total. The van der Waals surface area contributed by atoms with E-state index in [1.165, 1.54) is 0 Å². The molecular weight excluding hydrogens is 328 g/mol. The summed E-state index contributed by atoms with van der Waals surface area (Å²) in [4.78, 5) is 0. The van der Waals surface area contributed by atoms with Gasteiger partial charge in [0.05, 0.1) is 0 Å². The van der Waals surface area contributed by atoms with Crippen molar-refractivity contribution in [3.05, 3.63) is 58.1 Å². The number of nitrogens with zero attached hydrogens (tertiary/aromatic N) is 2. The van der Waals surface area contributed by atoms with Gasteiger partial charge in [-0.15, -0.1) is 10.2 Å². The van der Waals surface area contributed by atoms with Gasteiger partial charge in [-0.2, -0.15) is 0 Å². The van der Waals surface area contributed by atoms with Crippen LogP contribution in [0.25, 0.3) is 0 Å². The molecule has 0 bridgehead atoms. The zero-order chi connectivity index (χ0) is 14.0. The summed E-state index contributed by atoms with van der Waals surface area (Å²) < 4.78 is 53.4. The Morgan fingerprint density at radius 2 is 1.16 bits per heavy atom. The number of azo groups is 1. The molecule has 98 valence electrons. The SMILES string of the molecule is Fc1cccc(F)c1N=Nc1c(F)cc(Br)cc1F. The van der Waals surface area contributed by atoms with Gasteiger partial charge in [0.15, 0.2) is 34.6 Å². The summed E-state index contributed by atoms with van der Waals surface area (Å²) in [5, 5.41) is 6.42. The Morgan fingerprint density at radius 1 is 0.737 bits per heavy atom. The standard InChI is InChI=1S/C12H5BrF4N2/c13-6-4-9(16)12(10(17)5-6)19-18-11-7(14)2-1-3-8(11)15/h1-5H. The predicted octanol–water partition coefficient (Wildman–Crippen LogP) is 5.42. The van der Waals surface area contributed by atoms with Crippen molar-refractivity contribution in [2.75, 3.05) is 0 Å². The molecule has 7 heteroatoms. The van der Waals surface area contributed by atoms with Crippen LogP contribution in [0.4, 0.5) is 28.9 Å². The van der Waals surface area contributed by atoms with Crippen molar-refractivity contribution in [2.24, 2.45) is 10.2 Å². The van der Waals surface area contributed by atoms with E-state index in [-0.39, 0.29) is 4.47 Å². The Balaban J connectivity index is 2.44. The molecule has 0 atom stereocenters. The lowest BCUT2D eigenvalue weighted by atomic mass is 10.3. The summed E-state index contributed by atoms with van der Waals surface area (Å²) in [5.74, 6) is -3.93. The third-order valence-electron chi connectivity index (χ3n) is 2.17. The summed E-state index contributed by atoms with van der Waals surface area (Å²) in [6, 6.07) is 5.01. The molecule has 0 N–H and O–H groups in total. The monoisotopic (exact) mass is 332 g/mol. The van der Waals surface area contributed by atoms with Gasteiger partial charge in [-0.05, 0) is 24.3 Å². The molecule has 0 radical (unpaired) electrons. The maximum absolute atomic E-state index is 13.4. The fourth-order valence-electron chi connectivity index (χ4n) is 1.31. The molecule has 0 saturated carbocycles. The second kappa shape index (κ2) is 5.48. The molecule has 2 rings (SSSR count). The smallest absolute Gasteiger partial charge is 0.157 e. The number of rotatable bonds is 2. The van der Waals surface area contributed by atoms with Gasteiger partial charge in [-0.1, -0.05) is 22.0 Å². The van der Waals surface area contributed by atoms with Crippen LogP contribution in [0.3, 0.4) is 0 Å². The molecule has 0 unspecified atom stereocenters. The third kappa shape index (κ3) is 2.98. The highest BCUT2D eigenvalue weighted by atomic mass is 79.9. The average Bonchev–Trinajstić information content (AvgIpc) is 2.31. The second-order valence-corrected chi connectivity index (χ2v) is 4.40. The van der Waals surface area contributed by atoms with Gasteiger partial charge in [0, 0.05) is 4.47 Å². The topological polar surface area (TPSA) is 24.7 Å². The van der Waals surface area contributed by atoms with Crippen LogP contribution in [-0.4, -0.2) is 0 Å². The van der Waals surface area contributed by atoms with E-state index >= 15 is 0 Å². The molecule has 0 aliphatic carbocycles. The van der Waals surface area contributed by atoms with E-state index in [2.05, 4.69) is 26.2 Å². The van der Waals surface area contributed by atoms with Gasteiger partial charge >= 0.3 is 0 Å². The maximum atomic E-state index is 13.4. The summed E-state index contributed by atoms with van der Waals surface area (Å²) in [6.45, 7) is 0. The van der Waals surface area contributed by atoms with Crippen molar-refractivity contribution in [1.82, 2.24) is 0 Å². The minimum absolute atomic E-state index is 0.179. The van der Waals surface area contributed by atoms with Crippen LogP contribution in [-0.2, 0) is 0 Å². The Labute approximate surface area is 113 Å². The molecule has 0 fully saturated rings. The van der Waals surface area contributed by atoms with Crippen LogP contribution in [0.2, 0.25) is 0 Å². The van der Waals surface area contributed by atoms with E-state index in [9.17, 15) is 17.6 Å². The first-order valence-electron chi connectivity index (χ1n) is 4.99. The van der Waals surface area contributed by atoms with E-state index in [0.717, 1.165) is 30.3 Å². The third-order valence-corrected chi connectivity index (χ3v) is 2.63. The molecule has 0 aromatic heterocycles. The van der Waals surface area contributed by atoms with Crippen LogP contribution in [0, 0.1) is 23.3 Å². The van der Waals surface area contributed by atoms with Crippen LogP contribution in [0.1, 0.15) is 0 Å². The van der Waals surface area contributed by atoms with Gasteiger partial charge in [0.2, 0.25) is 0 Å². The Morgan fingerprint density at radius 3 is 1.63 bits per heavy atom. The minimum Gasteiger partial charge on any atom is -0.204 e. The lowest BCUT2D eigenvalue weighted by Crippen LogP contribution is -1.84. The van der Waals surface area contributed by atoms with E-state index in [1.54, 1.807) is 0 Å². The maximum Gasteiger partial charge on any atom is 0.157 e. The first-order valence-corrected chi connectivity index (χ1v) is 5.78. The lowest BCUT2D eigenvalue weighted by molar-refractivity contribution is 0.576. The Bertz CT molecular complexity index is 615. The van der Waals surface area contributed by atoms with Crippen molar-refractivity contribution < 1.29 is 17.6 Å². The Kier molecular flexibility index (Phi) is 3.94. The van der Waals surface area contributed by atoms with Crippen molar-refractivity contribution in [1.29, 1.82) is 0 Å². The molecule has 0 saturated heterocycles. The quantitative estimate of drug-likeness (QED) is 0.518. The molecule has 19 heavy (non-hydrogen) atoms. The summed E-state index contributed by atoms with van der Waals surface area (Å²) in [7, 11) is 0. The van der Waals surface area contributed by atoms with E-state index < -0.39 is 34.6 Å². The van der Waals surface area contributed by atoms with Gasteiger partial charge in [0.1, 0.15) is 0 Å².